The van der Waals surface area contributed by atoms with Gasteiger partial charge in [0, 0.05) is 25.0 Å². The van der Waals surface area contributed by atoms with Gasteiger partial charge in [0.25, 0.3) is 0 Å². The highest BCUT2D eigenvalue weighted by molar-refractivity contribution is 6.31. The summed E-state index contributed by atoms with van der Waals surface area (Å²) < 4.78 is 5.27. The van der Waals surface area contributed by atoms with Crippen LogP contribution in [0, 0.1) is 0 Å². The molecule has 2 amide bonds. The molecule has 0 saturated carbocycles. The van der Waals surface area contributed by atoms with E-state index in [2.05, 4.69) is 5.32 Å². The third kappa shape index (κ3) is 5.73. The average Bonchev–Trinajstić information content (AvgIpc) is 2.72. The molecule has 1 atom stereocenters. The van der Waals surface area contributed by atoms with Crippen molar-refractivity contribution in [1.82, 2.24) is 10.2 Å². The number of halogens is 1. The van der Waals surface area contributed by atoms with Gasteiger partial charge in [-0.2, -0.15) is 0 Å². The molecule has 2 aromatic rings. The lowest BCUT2D eigenvalue weighted by Crippen LogP contribution is -2.48. The maximum atomic E-state index is 13.1. The zero-order chi connectivity index (χ0) is 20.5. The summed E-state index contributed by atoms with van der Waals surface area (Å²) in [5.74, 6) is 0.462. The van der Waals surface area contributed by atoms with E-state index in [-0.39, 0.29) is 18.2 Å². The maximum Gasteiger partial charge on any atom is 0.242 e. The molecule has 1 unspecified atom stereocenters. The van der Waals surface area contributed by atoms with E-state index in [1.807, 2.05) is 55.5 Å². The maximum absolute atomic E-state index is 13.1. The molecule has 28 heavy (non-hydrogen) atoms. The number of amides is 2. The first kappa shape index (κ1) is 21.8. The van der Waals surface area contributed by atoms with Crippen molar-refractivity contribution in [3.05, 3.63) is 64.7 Å². The molecule has 5 nitrogen and oxygen atoms in total. The van der Waals surface area contributed by atoms with Crippen molar-refractivity contribution in [2.75, 3.05) is 14.2 Å². The van der Waals surface area contributed by atoms with Crippen LogP contribution in [-0.2, 0) is 22.6 Å². The Labute approximate surface area is 171 Å². The van der Waals surface area contributed by atoms with Gasteiger partial charge in [-0.05, 0) is 42.2 Å². The van der Waals surface area contributed by atoms with Crippen LogP contribution in [-0.4, -0.2) is 36.9 Å². The van der Waals surface area contributed by atoms with Crippen LogP contribution in [0.3, 0.4) is 0 Å². The molecule has 0 aliphatic heterocycles. The Morgan fingerprint density at radius 2 is 1.93 bits per heavy atom. The normalized spacial score (nSPS) is 11.6. The van der Waals surface area contributed by atoms with Crippen LogP contribution in [0.2, 0.25) is 5.02 Å². The summed E-state index contributed by atoms with van der Waals surface area (Å²) in [6, 6.07) is 14.5. The molecule has 0 saturated heterocycles. The fourth-order valence-electron chi connectivity index (χ4n) is 3.14. The number of hydrogen-bond acceptors (Lipinski definition) is 3. The van der Waals surface area contributed by atoms with Crippen molar-refractivity contribution < 1.29 is 14.3 Å². The first-order valence-electron chi connectivity index (χ1n) is 9.37. The SMILES string of the molecule is CCC(C(=O)NC)N(Cc1cccc(OC)c1)C(=O)CCc1ccccc1Cl. The minimum absolute atomic E-state index is 0.0850. The topological polar surface area (TPSA) is 58.6 Å². The predicted molar refractivity (Wildman–Crippen MR) is 111 cm³/mol. The molecule has 2 aromatic carbocycles. The monoisotopic (exact) mass is 402 g/mol. The van der Waals surface area contributed by atoms with Crippen molar-refractivity contribution in [2.24, 2.45) is 0 Å². The van der Waals surface area contributed by atoms with Gasteiger partial charge in [0.1, 0.15) is 11.8 Å². The molecule has 1 N–H and O–H groups in total. The largest absolute Gasteiger partial charge is 0.497 e. The van der Waals surface area contributed by atoms with Gasteiger partial charge in [-0.3, -0.25) is 9.59 Å². The van der Waals surface area contributed by atoms with E-state index in [4.69, 9.17) is 16.3 Å². The standard InChI is InChI=1S/C22H27ClN2O3/c1-4-20(22(27)24-2)25(15-16-8-7-10-18(14-16)28-3)21(26)13-12-17-9-5-6-11-19(17)23/h5-11,14,20H,4,12-13,15H2,1-3H3,(H,24,27). The second-order valence-corrected chi connectivity index (χ2v) is 6.91. The second kappa shape index (κ2) is 10.7. The Kier molecular flexibility index (Phi) is 8.33. The van der Waals surface area contributed by atoms with E-state index in [0.717, 1.165) is 11.1 Å². The van der Waals surface area contributed by atoms with Gasteiger partial charge in [0.05, 0.1) is 7.11 Å². The Balaban J connectivity index is 2.22. The molecule has 0 spiro atoms. The lowest BCUT2D eigenvalue weighted by atomic mass is 10.1. The summed E-state index contributed by atoms with van der Waals surface area (Å²) in [6.45, 7) is 2.24. The van der Waals surface area contributed by atoms with E-state index in [1.165, 1.54) is 0 Å². The van der Waals surface area contributed by atoms with Crippen LogP contribution >= 0.6 is 11.6 Å². The van der Waals surface area contributed by atoms with E-state index >= 15 is 0 Å². The van der Waals surface area contributed by atoms with E-state index in [9.17, 15) is 9.59 Å². The number of likely N-dealkylation sites (N-methyl/N-ethyl adjacent to an activating group) is 1. The first-order chi connectivity index (χ1) is 13.5. The summed E-state index contributed by atoms with van der Waals surface area (Å²) in [4.78, 5) is 27.1. The van der Waals surface area contributed by atoms with Gasteiger partial charge in [0.15, 0.2) is 0 Å². The molecule has 6 heteroatoms. The van der Waals surface area contributed by atoms with Crippen LogP contribution in [0.15, 0.2) is 48.5 Å². The number of aryl methyl sites for hydroxylation is 1. The highest BCUT2D eigenvalue weighted by atomic mass is 35.5. The van der Waals surface area contributed by atoms with Crippen LogP contribution in [0.4, 0.5) is 0 Å². The highest BCUT2D eigenvalue weighted by Gasteiger charge is 2.27. The second-order valence-electron chi connectivity index (χ2n) is 6.50. The van der Waals surface area contributed by atoms with Gasteiger partial charge in [-0.25, -0.2) is 0 Å². The minimum Gasteiger partial charge on any atom is -0.497 e. The zero-order valence-electron chi connectivity index (χ0n) is 16.6. The summed E-state index contributed by atoms with van der Waals surface area (Å²) in [7, 11) is 3.19. The first-order valence-corrected chi connectivity index (χ1v) is 9.75. The van der Waals surface area contributed by atoms with Crippen molar-refractivity contribution in [1.29, 1.82) is 0 Å². The minimum atomic E-state index is -0.532. The molecule has 0 aliphatic rings. The summed E-state index contributed by atoms with van der Waals surface area (Å²) in [5, 5.41) is 3.31. The molecule has 0 aromatic heterocycles. The number of ether oxygens (including phenoxy) is 1. The van der Waals surface area contributed by atoms with Crippen LogP contribution in [0.5, 0.6) is 5.75 Å². The Bertz CT molecular complexity index is 810. The van der Waals surface area contributed by atoms with Crippen molar-refractivity contribution in [2.45, 2.75) is 38.8 Å². The number of methoxy groups -OCH3 is 1. The molecular weight excluding hydrogens is 376 g/mol. The molecule has 150 valence electrons. The molecule has 0 heterocycles. The van der Waals surface area contributed by atoms with Crippen LogP contribution in [0.1, 0.15) is 30.9 Å². The summed E-state index contributed by atoms with van der Waals surface area (Å²) >= 11 is 6.21. The number of hydrogen-bond donors (Lipinski definition) is 1. The predicted octanol–water partition coefficient (Wildman–Crippen LogP) is 3.83. The Hall–Kier alpha value is -2.53. The van der Waals surface area contributed by atoms with E-state index in [1.54, 1.807) is 19.1 Å². The lowest BCUT2D eigenvalue weighted by Gasteiger charge is -2.30. The van der Waals surface area contributed by atoms with Crippen molar-refractivity contribution in [3.8, 4) is 5.75 Å². The van der Waals surface area contributed by atoms with Gasteiger partial charge >= 0.3 is 0 Å². The van der Waals surface area contributed by atoms with Gasteiger partial charge in [-0.15, -0.1) is 0 Å². The molecule has 0 bridgehead atoms. The molecule has 2 rings (SSSR count). The van der Waals surface area contributed by atoms with Crippen molar-refractivity contribution >= 4 is 23.4 Å². The quantitative estimate of drug-likeness (QED) is 0.693. The van der Waals surface area contributed by atoms with Gasteiger partial charge in [-0.1, -0.05) is 48.9 Å². The number of carbonyl (C=O) groups excluding carboxylic acids is 2. The van der Waals surface area contributed by atoms with Gasteiger partial charge in [0.2, 0.25) is 11.8 Å². The van der Waals surface area contributed by atoms with Gasteiger partial charge < -0.3 is 15.0 Å². The van der Waals surface area contributed by atoms with Crippen LogP contribution in [0.25, 0.3) is 0 Å². The summed E-state index contributed by atoms with van der Waals surface area (Å²) in [6.07, 6.45) is 1.33. The average molecular weight is 403 g/mol. The number of nitrogens with one attached hydrogen (secondary N) is 1. The molecule has 0 fully saturated rings. The molecular formula is C22H27ClN2O3. The lowest BCUT2D eigenvalue weighted by molar-refractivity contribution is -0.141. The molecule has 0 radical (unpaired) electrons. The highest BCUT2D eigenvalue weighted by Crippen LogP contribution is 2.20. The molecule has 0 aliphatic carbocycles. The summed E-state index contributed by atoms with van der Waals surface area (Å²) in [5.41, 5.74) is 1.83. The number of benzene rings is 2. The fourth-order valence-corrected chi connectivity index (χ4v) is 3.37. The third-order valence-corrected chi connectivity index (χ3v) is 5.05. The van der Waals surface area contributed by atoms with E-state index < -0.39 is 6.04 Å². The number of carbonyl (C=O) groups is 2. The smallest absolute Gasteiger partial charge is 0.242 e. The Morgan fingerprint density at radius 1 is 1.18 bits per heavy atom. The van der Waals surface area contributed by atoms with E-state index in [0.29, 0.717) is 30.2 Å². The third-order valence-electron chi connectivity index (χ3n) is 4.69. The van der Waals surface area contributed by atoms with Crippen LogP contribution < -0.4 is 10.1 Å². The fraction of sp³-hybridized carbons (Fsp3) is 0.364. The zero-order valence-corrected chi connectivity index (χ0v) is 17.3. The number of nitrogens with zero attached hydrogens (tertiary/aromatic N) is 1. The Morgan fingerprint density at radius 3 is 2.57 bits per heavy atom. The van der Waals surface area contributed by atoms with Crippen molar-refractivity contribution in [3.63, 3.8) is 0 Å². The number of rotatable bonds is 9.